The van der Waals surface area contributed by atoms with Crippen LogP contribution in [0.1, 0.15) is 32.1 Å². The molecule has 3 rings (SSSR count). The predicted octanol–water partition coefficient (Wildman–Crippen LogP) is 1.21. The largest absolute Gasteiger partial charge is 0.329 e. The summed E-state index contributed by atoms with van der Waals surface area (Å²) in [6.45, 7) is 3.59. The first-order valence-corrected chi connectivity index (χ1v) is 5.79. The van der Waals surface area contributed by atoms with Crippen LogP contribution in [0.25, 0.3) is 0 Å². The fraction of sp³-hybridized carbons (Fsp3) is 1.00. The molecule has 74 valence electrons. The highest BCUT2D eigenvalue weighted by Gasteiger charge is 2.50. The van der Waals surface area contributed by atoms with E-state index in [1.165, 1.54) is 45.2 Å². The van der Waals surface area contributed by atoms with E-state index in [1.54, 1.807) is 0 Å². The third-order valence-electron chi connectivity index (χ3n) is 4.39. The Balaban J connectivity index is 1.62. The first kappa shape index (κ1) is 8.25. The fourth-order valence-corrected chi connectivity index (χ4v) is 2.96. The Kier molecular flexibility index (Phi) is 1.72. The maximum absolute atomic E-state index is 5.84. The van der Waals surface area contributed by atoms with Crippen molar-refractivity contribution in [1.82, 2.24) is 4.90 Å². The Morgan fingerprint density at radius 1 is 1.15 bits per heavy atom. The normalized spacial score (nSPS) is 38.1. The Hall–Kier alpha value is -0.0800. The third-order valence-corrected chi connectivity index (χ3v) is 4.39. The summed E-state index contributed by atoms with van der Waals surface area (Å²) < 4.78 is 0. The molecule has 0 radical (unpaired) electrons. The Bertz CT molecular complexity index is 206. The molecule has 2 N–H and O–H groups in total. The Morgan fingerprint density at radius 2 is 1.92 bits per heavy atom. The lowest BCUT2D eigenvalue weighted by molar-refractivity contribution is 0.215. The van der Waals surface area contributed by atoms with Gasteiger partial charge in [0, 0.05) is 18.6 Å². The van der Waals surface area contributed by atoms with Gasteiger partial charge < -0.3 is 5.73 Å². The highest BCUT2D eigenvalue weighted by atomic mass is 15.3. The van der Waals surface area contributed by atoms with E-state index in [9.17, 15) is 0 Å². The summed E-state index contributed by atoms with van der Waals surface area (Å²) in [6.07, 6.45) is 7.19. The summed E-state index contributed by atoms with van der Waals surface area (Å²) in [5, 5.41) is 0. The van der Waals surface area contributed by atoms with E-state index in [-0.39, 0.29) is 0 Å². The van der Waals surface area contributed by atoms with Crippen LogP contribution >= 0.6 is 0 Å². The van der Waals surface area contributed by atoms with Crippen LogP contribution < -0.4 is 5.73 Å². The number of nitrogens with zero attached hydrogens (tertiary/aromatic N) is 1. The number of hydrogen-bond acceptors (Lipinski definition) is 2. The van der Waals surface area contributed by atoms with Crippen molar-refractivity contribution in [2.75, 3.05) is 19.6 Å². The van der Waals surface area contributed by atoms with E-state index in [0.29, 0.717) is 5.54 Å². The van der Waals surface area contributed by atoms with Crippen LogP contribution in [-0.4, -0.2) is 30.1 Å². The second kappa shape index (κ2) is 2.71. The molecule has 0 aromatic rings. The number of likely N-dealkylation sites (tertiary alicyclic amines) is 1. The molecule has 0 spiro atoms. The molecular formula is C11H20N2. The van der Waals surface area contributed by atoms with Gasteiger partial charge in [-0.3, -0.25) is 4.90 Å². The lowest BCUT2D eigenvalue weighted by Crippen LogP contribution is -2.41. The fourth-order valence-electron chi connectivity index (χ4n) is 2.96. The predicted molar refractivity (Wildman–Crippen MR) is 53.4 cm³/mol. The summed E-state index contributed by atoms with van der Waals surface area (Å²) in [4.78, 5) is 2.69. The molecule has 0 aromatic carbocycles. The second-order valence-electron chi connectivity index (χ2n) is 5.26. The standard InChI is InChI=1S/C11H20N2/c12-8-11(4-5-11)13-6-3-10(7-13)9-1-2-9/h9-10H,1-8,12H2. The zero-order chi connectivity index (χ0) is 8.89. The first-order valence-electron chi connectivity index (χ1n) is 5.79. The van der Waals surface area contributed by atoms with Gasteiger partial charge >= 0.3 is 0 Å². The molecule has 2 aliphatic carbocycles. The Morgan fingerprint density at radius 3 is 2.46 bits per heavy atom. The van der Waals surface area contributed by atoms with Crippen molar-refractivity contribution >= 4 is 0 Å². The molecule has 3 aliphatic rings. The van der Waals surface area contributed by atoms with Crippen LogP contribution in [0.5, 0.6) is 0 Å². The third kappa shape index (κ3) is 1.31. The van der Waals surface area contributed by atoms with Gasteiger partial charge in [0.05, 0.1) is 0 Å². The van der Waals surface area contributed by atoms with E-state index in [2.05, 4.69) is 4.90 Å². The summed E-state index contributed by atoms with van der Waals surface area (Å²) in [7, 11) is 0. The minimum Gasteiger partial charge on any atom is -0.329 e. The number of hydrogen-bond donors (Lipinski definition) is 1. The topological polar surface area (TPSA) is 29.3 Å². The van der Waals surface area contributed by atoms with Crippen LogP contribution in [0.3, 0.4) is 0 Å². The van der Waals surface area contributed by atoms with E-state index >= 15 is 0 Å². The van der Waals surface area contributed by atoms with Crippen molar-refractivity contribution in [2.24, 2.45) is 17.6 Å². The van der Waals surface area contributed by atoms with E-state index in [4.69, 9.17) is 5.73 Å². The smallest absolute Gasteiger partial charge is 0.0333 e. The zero-order valence-corrected chi connectivity index (χ0v) is 8.34. The van der Waals surface area contributed by atoms with Crippen molar-refractivity contribution in [3.8, 4) is 0 Å². The van der Waals surface area contributed by atoms with Gasteiger partial charge in [0.1, 0.15) is 0 Å². The molecule has 1 heterocycles. The summed E-state index contributed by atoms with van der Waals surface area (Å²) in [5.41, 5.74) is 6.32. The quantitative estimate of drug-likeness (QED) is 0.707. The highest BCUT2D eigenvalue weighted by molar-refractivity contribution is 5.07. The van der Waals surface area contributed by atoms with Crippen molar-refractivity contribution in [2.45, 2.75) is 37.6 Å². The average molecular weight is 180 g/mol. The Labute approximate surface area is 80.5 Å². The van der Waals surface area contributed by atoms with Gasteiger partial charge in [0.15, 0.2) is 0 Å². The SMILES string of the molecule is NCC1(N2CCC(C3CC3)C2)CC1. The van der Waals surface area contributed by atoms with E-state index in [0.717, 1.165) is 18.4 Å². The van der Waals surface area contributed by atoms with Crippen molar-refractivity contribution in [1.29, 1.82) is 0 Å². The molecule has 2 heteroatoms. The monoisotopic (exact) mass is 180 g/mol. The zero-order valence-electron chi connectivity index (χ0n) is 8.34. The van der Waals surface area contributed by atoms with Gasteiger partial charge in [0.25, 0.3) is 0 Å². The average Bonchev–Trinajstić information content (AvgIpc) is 3.07. The molecule has 0 aromatic heterocycles. The van der Waals surface area contributed by atoms with Gasteiger partial charge in [-0.05, 0) is 50.5 Å². The van der Waals surface area contributed by atoms with Crippen molar-refractivity contribution < 1.29 is 0 Å². The first-order chi connectivity index (χ1) is 6.34. The minimum absolute atomic E-state index is 0.476. The lowest BCUT2D eigenvalue weighted by Gasteiger charge is -2.26. The second-order valence-corrected chi connectivity index (χ2v) is 5.26. The summed E-state index contributed by atoms with van der Waals surface area (Å²) >= 11 is 0. The molecule has 0 bridgehead atoms. The van der Waals surface area contributed by atoms with Crippen molar-refractivity contribution in [3.63, 3.8) is 0 Å². The molecule has 1 atom stereocenters. The molecule has 1 unspecified atom stereocenters. The minimum atomic E-state index is 0.476. The van der Waals surface area contributed by atoms with Crippen LogP contribution in [0.2, 0.25) is 0 Å². The van der Waals surface area contributed by atoms with Gasteiger partial charge in [-0.25, -0.2) is 0 Å². The number of nitrogens with two attached hydrogens (primary N) is 1. The molecule has 1 saturated heterocycles. The van der Waals surface area contributed by atoms with Crippen molar-refractivity contribution in [3.05, 3.63) is 0 Å². The van der Waals surface area contributed by atoms with E-state index in [1.807, 2.05) is 0 Å². The molecule has 0 amide bonds. The van der Waals surface area contributed by atoms with Crippen LogP contribution in [0.15, 0.2) is 0 Å². The maximum atomic E-state index is 5.84. The van der Waals surface area contributed by atoms with Gasteiger partial charge in [-0.1, -0.05) is 0 Å². The number of rotatable bonds is 3. The van der Waals surface area contributed by atoms with Crippen LogP contribution in [-0.2, 0) is 0 Å². The summed E-state index contributed by atoms with van der Waals surface area (Å²) in [5.74, 6) is 2.13. The summed E-state index contributed by atoms with van der Waals surface area (Å²) in [6, 6.07) is 0. The molecule has 2 nitrogen and oxygen atoms in total. The van der Waals surface area contributed by atoms with Crippen LogP contribution in [0, 0.1) is 11.8 Å². The molecular weight excluding hydrogens is 160 g/mol. The molecule has 13 heavy (non-hydrogen) atoms. The molecule has 3 fully saturated rings. The highest BCUT2D eigenvalue weighted by Crippen LogP contribution is 2.47. The van der Waals surface area contributed by atoms with Gasteiger partial charge in [-0.15, -0.1) is 0 Å². The molecule has 1 aliphatic heterocycles. The maximum Gasteiger partial charge on any atom is 0.0333 e. The van der Waals surface area contributed by atoms with Gasteiger partial charge in [-0.2, -0.15) is 0 Å². The van der Waals surface area contributed by atoms with Crippen LogP contribution in [0.4, 0.5) is 0 Å². The van der Waals surface area contributed by atoms with Gasteiger partial charge in [0.2, 0.25) is 0 Å². The lowest BCUT2D eigenvalue weighted by atomic mass is 10.0. The van der Waals surface area contributed by atoms with E-state index < -0.39 is 0 Å². The molecule has 2 saturated carbocycles.